The Bertz CT molecular complexity index is 273. The van der Waals surface area contributed by atoms with Crippen LogP contribution < -0.4 is 10.6 Å². The van der Waals surface area contributed by atoms with Crippen molar-refractivity contribution < 1.29 is 9.53 Å². The number of hydrogen-bond acceptors (Lipinski definition) is 3. The number of nitrogens with one attached hydrogen (secondary N) is 2. The number of carbonyl (C=O) groups is 1. The van der Waals surface area contributed by atoms with Gasteiger partial charge < -0.3 is 15.4 Å². The molecule has 1 aliphatic heterocycles. The number of ether oxygens (including phenoxy) is 1. The molecule has 2 aliphatic rings. The van der Waals surface area contributed by atoms with Crippen LogP contribution in [0.4, 0.5) is 0 Å². The van der Waals surface area contributed by atoms with Crippen LogP contribution in [-0.2, 0) is 9.53 Å². The summed E-state index contributed by atoms with van der Waals surface area (Å²) in [7, 11) is 0. The summed E-state index contributed by atoms with van der Waals surface area (Å²) in [6.45, 7) is 6.88. The summed E-state index contributed by atoms with van der Waals surface area (Å²) < 4.78 is 5.54. The van der Waals surface area contributed by atoms with E-state index in [1.807, 2.05) is 0 Å². The van der Waals surface area contributed by atoms with Crippen LogP contribution in [0.3, 0.4) is 0 Å². The van der Waals surface area contributed by atoms with Gasteiger partial charge in [0.05, 0.1) is 19.1 Å². The maximum Gasteiger partial charge on any atom is 0.222 e. The molecule has 17 heavy (non-hydrogen) atoms. The Morgan fingerprint density at radius 3 is 2.94 bits per heavy atom. The molecule has 0 aromatic rings. The van der Waals surface area contributed by atoms with Crippen LogP contribution in [0.5, 0.6) is 0 Å². The second-order valence-electron chi connectivity index (χ2n) is 5.90. The third-order valence-corrected chi connectivity index (χ3v) is 4.01. The topological polar surface area (TPSA) is 50.4 Å². The molecule has 0 bridgehead atoms. The first-order chi connectivity index (χ1) is 8.08. The number of rotatable bonds is 3. The highest BCUT2D eigenvalue weighted by atomic mass is 16.5. The zero-order chi connectivity index (χ0) is 12.3. The van der Waals surface area contributed by atoms with Gasteiger partial charge in [0.1, 0.15) is 0 Å². The second kappa shape index (κ2) is 5.36. The Kier molecular flexibility index (Phi) is 4.05. The highest BCUT2D eigenvalue weighted by Gasteiger charge is 2.35. The van der Waals surface area contributed by atoms with E-state index in [9.17, 15) is 4.79 Å². The normalized spacial score (nSPS) is 32.4. The summed E-state index contributed by atoms with van der Waals surface area (Å²) in [6, 6.07) is 0.339. The van der Waals surface area contributed by atoms with Crippen molar-refractivity contribution in [3.05, 3.63) is 0 Å². The molecular formula is C13H24N2O2. The van der Waals surface area contributed by atoms with Crippen LogP contribution >= 0.6 is 0 Å². The van der Waals surface area contributed by atoms with E-state index in [1.54, 1.807) is 0 Å². The summed E-state index contributed by atoms with van der Waals surface area (Å²) in [5.74, 6) is 0.138. The standard InChI is InChI=1S/C13H24N2O2/c1-13(2)5-3-4-11(13)15-12(16)8-10-9-14-6-7-17-10/h10-11,14H,3-9H2,1-2H3,(H,15,16). The molecule has 2 fully saturated rings. The quantitative estimate of drug-likeness (QED) is 0.775. The van der Waals surface area contributed by atoms with Crippen molar-refractivity contribution in [2.45, 2.75) is 51.7 Å². The van der Waals surface area contributed by atoms with Gasteiger partial charge in [0, 0.05) is 19.1 Å². The zero-order valence-electron chi connectivity index (χ0n) is 10.9. The fraction of sp³-hybridized carbons (Fsp3) is 0.923. The molecule has 2 atom stereocenters. The lowest BCUT2D eigenvalue weighted by Gasteiger charge is -2.29. The molecule has 2 N–H and O–H groups in total. The predicted molar refractivity (Wildman–Crippen MR) is 66.8 cm³/mol. The maximum absolute atomic E-state index is 11.9. The average Bonchev–Trinajstić information content (AvgIpc) is 2.59. The van der Waals surface area contributed by atoms with Crippen molar-refractivity contribution >= 4 is 5.91 Å². The van der Waals surface area contributed by atoms with Gasteiger partial charge in [-0.15, -0.1) is 0 Å². The van der Waals surface area contributed by atoms with Gasteiger partial charge in [0.15, 0.2) is 0 Å². The van der Waals surface area contributed by atoms with Crippen molar-refractivity contribution in [3.8, 4) is 0 Å². The van der Waals surface area contributed by atoms with Crippen LogP contribution in [0.25, 0.3) is 0 Å². The van der Waals surface area contributed by atoms with Crippen LogP contribution in [0.2, 0.25) is 0 Å². The number of amides is 1. The Morgan fingerprint density at radius 2 is 2.35 bits per heavy atom. The monoisotopic (exact) mass is 240 g/mol. The van der Waals surface area contributed by atoms with Gasteiger partial charge in [-0.2, -0.15) is 0 Å². The first-order valence-corrected chi connectivity index (χ1v) is 6.69. The van der Waals surface area contributed by atoms with E-state index in [2.05, 4.69) is 24.5 Å². The van der Waals surface area contributed by atoms with Crippen LogP contribution in [0.15, 0.2) is 0 Å². The van der Waals surface area contributed by atoms with Gasteiger partial charge in [-0.1, -0.05) is 20.3 Å². The summed E-state index contributed by atoms with van der Waals surface area (Å²) in [5, 5.41) is 6.41. The first kappa shape index (κ1) is 12.8. The summed E-state index contributed by atoms with van der Waals surface area (Å²) in [4.78, 5) is 11.9. The minimum absolute atomic E-state index is 0.0493. The van der Waals surface area contributed by atoms with Gasteiger partial charge in [-0.25, -0.2) is 0 Å². The molecule has 1 saturated carbocycles. The molecule has 98 valence electrons. The number of carbonyl (C=O) groups excluding carboxylic acids is 1. The summed E-state index contributed by atoms with van der Waals surface area (Å²) in [6.07, 6.45) is 4.08. The summed E-state index contributed by atoms with van der Waals surface area (Å²) >= 11 is 0. The van der Waals surface area contributed by atoms with Crippen LogP contribution in [0.1, 0.15) is 39.5 Å². The highest BCUT2D eigenvalue weighted by molar-refractivity contribution is 5.77. The zero-order valence-corrected chi connectivity index (χ0v) is 10.9. The van der Waals surface area contributed by atoms with E-state index < -0.39 is 0 Å². The molecule has 2 unspecified atom stereocenters. The molecule has 1 heterocycles. The van der Waals surface area contributed by atoms with E-state index in [4.69, 9.17) is 4.74 Å². The van der Waals surface area contributed by atoms with E-state index >= 15 is 0 Å². The van der Waals surface area contributed by atoms with E-state index in [-0.39, 0.29) is 17.4 Å². The van der Waals surface area contributed by atoms with E-state index in [0.29, 0.717) is 19.1 Å². The third kappa shape index (κ3) is 3.42. The van der Waals surface area contributed by atoms with Crippen LogP contribution in [0, 0.1) is 5.41 Å². The van der Waals surface area contributed by atoms with Gasteiger partial charge in [0.2, 0.25) is 5.91 Å². The van der Waals surface area contributed by atoms with Gasteiger partial charge >= 0.3 is 0 Å². The van der Waals surface area contributed by atoms with Crippen LogP contribution in [-0.4, -0.2) is 37.7 Å². The molecule has 4 nitrogen and oxygen atoms in total. The lowest BCUT2D eigenvalue weighted by atomic mass is 9.87. The molecule has 2 rings (SSSR count). The molecule has 1 amide bonds. The molecular weight excluding hydrogens is 216 g/mol. The minimum atomic E-state index is 0.0493. The predicted octanol–water partition coefficient (Wildman–Crippen LogP) is 1.06. The molecule has 0 aromatic carbocycles. The smallest absolute Gasteiger partial charge is 0.222 e. The van der Waals surface area contributed by atoms with E-state index in [1.165, 1.54) is 12.8 Å². The Morgan fingerprint density at radius 1 is 1.53 bits per heavy atom. The van der Waals surface area contributed by atoms with Crippen molar-refractivity contribution in [1.82, 2.24) is 10.6 Å². The number of morpholine rings is 1. The maximum atomic E-state index is 11.9. The number of hydrogen-bond donors (Lipinski definition) is 2. The van der Waals surface area contributed by atoms with Crippen molar-refractivity contribution in [2.75, 3.05) is 19.7 Å². The third-order valence-electron chi connectivity index (χ3n) is 4.01. The van der Waals surface area contributed by atoms with Gasteiger partial charge in [0.25, 0.3) is 0 Å². The molecule has 0 spiro atoms. The molecule has 4 heteroatoms. The second-order valence-corrected chi connectivity index (χ2v) is 5.90. The van der Waals surface area contributed by atoms with Crippen molar-refractivity contribution in [3.63, 3.8) is 0 Å². The van der Waals surface area contributed by atoms with Gasteiger partial charge in [-0.3, -0.25) is 4.79 Å². The molecule has 1 aliphatic carbocycles. The molecule has 0 aromatic heterocycles. The van der Waals surface area contributed by atoms with Crippen molar-refractivity contribution in [1.29, 1.82) is 0 Å². The molecule has 1 saturated heterocycles. The molecule has 0 radical (unpaired) electrons. The Hall–Kier alpha value is -0.610. The Balaban J connectivity index is 1.76. The Labute approximate surface area is 103 Å². The lowest BCUT2D eigenvalue weighted by molar-refractivity contribution is -0.125. The SMILES string of the molecule is CC1(C)CCCC1NC(=O)CC1CNCCO1. The van der Waals surface area contributed by atoms with Gasteiger partial charge in [-0.05, 0) is 18.3 Å². The fourth-order valence-electron chi connectivity index (χ4n) is 2.81. The lowest BCUT2D eigenvalue weighted by Crippen LogP contribution is -2.45. The summed E-state index contributed by atoms with van der Waals surface area (Å²) in [5.41, 5.74) is 0.251. The fourth-order valence-corrected chi connectivity index (χ4v) is 2.81. The first-order valence-electron chi connectivity index (χ1n) is 6.69. The largest absolute Gasteiger partial charge is 0.375 e. The highest BCUT2D eigenvalue weighted by Crippen LogP contribution is 2.37. The van der Waals surface area contributed by atoms with E-state index in [0.717, 1.165) is 19.5 Å². The average molecular weight is 240 g/mol. The van der Waals surface area contributed by atoms with Crippen molar-refractivity contribution in [2.24, 2.45) is 5.41 Å². The minimum Gasteiger partial charge on any atom is -0.375 e.